The van der Waals surface area contributed by atoms with Gasteiger partial charge in [0.15, 0.2) is 0 Å². The van der Waals surface area contributed by atoms with Crippen molar-refractivity contribution in [2.24, 2.45) is 0 Å². The molecule has 1 aromatic carbocycles. The maximum atomic E-state index is 12.6. The molecule has 7 heteroatoms. The van der Waals surface area contributed by atoms with Crippen LogP contribution in [-0.2, 0) is 20.8 Å². The molecule has 0 aromatic heterocycles. The normalized spacial score (nSPS) is 24.4. The average Bonchev–Trinajstić information content (AvgIpc) is 2.87. The first-order valence-electron chi connectivity index (χ1n) is 6.72. The Morgan fingerprint density at radius 3 is 2.71 bits per heavy atom. The smallest absolute Gasteiger partial charge is 0.327 e. The summed E-state index contributed by atoms with van der Waals surface area (Å²) in [6.07, 6.45) is 0.302. The van der Waals surface area contributed by atoms with E-state index in [1.54, 1.807) is 12.1 Å². The van der Waals surface area contributed by atoms with Crippen LogP contribution in [-0.4, -0.2) is 48.1 Å². The Morgan fingerprint density at radius 1 is 1.29 bits per heavy atom. The Bertz CT molecular complexity index is 606. The minimum atomic E-state index is -1.03. The third kappa shape index (κ3) is 2.36. The van der Waals surface area contributed by atoms with Gasteiger partial charge in [0, 0.05) is 18.7 Å². The Hall–Kier alpha value is -2.41. The maximum absolute atomic E-state index is 12.6. The van der Waals surface area contributed by atoms with Gasteiger partial charge in [0.2, 0.25) is 11.8 Å². The summed E-state index contributed by atoms with van der Waals surface area (Å²) in [6, 6.07) is 5.68. The molecule has 7 nitrogen and oxygen atoms in total. The van der Waals surface area contributed by atoms with Crippen LogP contribution in [0, 0.1) is 0 Å². The summed E-state index contributed by atoms with van der Waals surface area (Å²) in [5.41, 5.74) is 1.48. The topological polar surface area (TPSA) is 98.7 Å². The molecule has 110 valence electrons. The molecule has 2 aliphatic rings. The van der Waals surface area contributed by atoms with Crippen molar-refractivity contribution in [3.8, 4) is 0 Å². The lowest BCUT2D eigenvalue weighted by molar-refractivity contribution is -0.140. The van der Waals surface area contributed by atoms with Crippen molar-refractivity contribution in [2.45, 2.75) is 18.5 Å². The molecule has 2 heterocycles. The lowest BCUT2D eigenvalue weighted by atomic mass is 10.1. The third-order valence-corrected chi connectivity index (χ3v) is 3.81. The molecule has 3 rings (SSSR count). The van der Waals surface area contributed by atoms with E-state index >= 15 is 0 Å². The highest BCUT2D eigenvalue weighted by molar-refractivity contribution is 6.05. The van der Waals surface area contributed by atoms with Gasteiger partial charge in [-0.25, -0.2) is 4.79 Å². The molecule has 0 aliphatic carbocycles. The summed E-state index contributed by atoms with van der Waals surface area (Å²) < 4.78 is 0. The van der Waals surface area contributed by atoms with Gasteiger partial charge in [-0.3, -0.25) is 19.8 Å². The number of carboxylic acids is 1. The molecule has 0 bridgehead atoms. The number of piperazine rings is 1. The van der Waals surface area contributed by atoms with Gasteiger partial charge in [-0.1, -0.05) is 18.2 Å². The number of nitrogens with one attached hydrogen (secondary N) is 2. The standard InChI is InChI=1S/C14H15N3O4/c18-12-7-15-9(6-16-12)13(19)17-10-4-2-1-3-8(10)5-11(17)14(20)21/h1-4,9,11,15H,5-7H2,(H,16,18)(H,20,21)/t9?,11-/m0/s1. The number of nitrogens with zero attached hydrogens (tertiary/aromatic N) is 1. The second-order valence-electron chi connectivity index (χ2n) is 5.13. The highest BCUT2D eigenvalue weighted by Gasteiger charge is 2.41. The largest absolute Gasteiger partial charge is 0.480 e. The zero-order chi connectivity index (χ0) is 15.0. The molecule has 1 unspecified atom stereocenters. The van der Waals surface area contributed by atoms with Crippen LogP contribution in [0.5, 0.6) is 0 Å². The summed E-state index contributed by atoms with van der Waals surface area (Å²) in [5, 5.41) is 14.8. The van der Waals surface area contributed by atoms with Crippen molar-refractivity contribution < 1.29 is 19.5 Å². The Morgan fingerprint density at radius 2 is 2.05 bits per heavy atom. The number of carbonyl (C=O) groups excluding carboxylic acids is 2. The van der Waals surface area contributed by atoms with Crippen LogP contribution in [0.25, 0.3) is 0 Å². The lowest BCUT2D eigenvalue weighted by Crippen LogP contribution is -2.60. The fourth-order valence-electron chi connectivity index (χ4n) is 2.76. The highest BCUT2D eigenvalue weighted by Crippen LogP contribution is 2.32. The molecule has 2 amide bonds. The number of benzene rings is 1. The monoisotopic (exact) mass is 289 g/mol. The molecule has 1 aromatic rings. The maximum Gasteiger partial charge on any atom is 0.327 e. The first-order valence-corrected chi connectivity index (χ1v) is 6.72. The molecular weight excluding hydrogens is 274 g/mol. The zero-order valence-electron chi connectivity index (χ0n) is 11.2. The van der Waals surface area contributed by atoms with Crippen LogP contribution in [0.2, 0.25) is 0 Å². The van der Waals surface area contributed by atoms with Gasteiger partial charge < -0.3 is 10.4 Å². The number of anilines is 1. The first kappa shape index (κ1) is 13.6. The van der Waals surface area contributed by atoms with E-state index in [0.717, 1.165) is 5.56 Å². The minimum absolute atomic E-state index is 0.0592. The van der Waals surface area contributed by atoms with Gasteiger partial charge in [-0.2, -0.15) is 0 Å². The van der Waals surface area contributed by atoms with Gasteiger partial charge in [-0.05, 0) is 11.6 Å². The van der Waals surface area contributed by atoms with Gasteiger partial charge in [0.25, 0.3) is 0 Å². The molecule has 2 aliphatic heterocycles. The van der Waals surface area contributed by atoms with E-state index in [0.29, 0.717) is 12.1 Å². The van der Waals surface area contributed by atoms with Gasteiger partial charge in [-0.15, -0.1) is 0 Å². The number of hydrogen-bond acceptors (Lipinski definition) is 4. The second kappa shape index (κ2) is 5.17. The van der Waals surface area contributed by atoms with E-state index in [4.69, 9.17) is 0 Å². The van der Waals surface area contributed by atoms with E-state index in [-0.39, 0.29) is 24.9 Å². The summed E-state index contributed by atoms with van der Waals surface area (Å²) in [6.45, 7) is 0.228. The van der Waals surface area contributed by atoms with E-state index in [1.807, 2.05) is 12.1 Å². The van der Waals surface area contributed by atoms with Crippen LogP contribution in [0.4, 0.5) is 5.69 Å². The zero-order valence-corrected chi connectivity index (χ0v) is 11.2. The number of hydrogen-bond donors (Lipinski definition) is 3. The van der Waals surface area contributed by atoms with Crippen molar-refractivity contribution in [1.29, 1.82) is 0 Å². The first-order chi connectivity index (χ1) is 10.1. The molecule has 0 spiro atoms. The number of carboxylic acid groups (broad SMARTS) is 1. The van der Waals surface area contributed by atoms with Gasteiger partial charge in [0.05, 0.1) is 6.54 Å². The molecule has 2 atom stereocenters. The van der Waals surface area contributed by atoms with Crippen LogP contribution in [0.3, 0.4) is 0 Å². The number of carbonyl (C=O) groups is 3. The van der Waals surface area contributed by atoms with Crippen LogP contribution >= 0.6 is 0 Å². The van der Waals surface area contributed by atoms with Gasteiger partial charge in [0.1, 0.15) is 12.1 Å². The number of rotatable bonds is 2. The number of aliphatic carboxylic acids is 1. The SMILES string of the molecule is O=C1CNC(C(=O)N2c3ccccc3C[C@H]2C(=O)O)CN1. The summed E-state index contributed by atoms with van der Waals surface area (Å²) in [5.74, 6) is -1.53. The molecule has 1 saturated heterocycles. The van der Waals surface area contributed by atoms with E-state index in [1.165, 1.54) is 4.90 Å². The number of para-hydroxylation sites is 1. The van der Waals surface area contributed by atoms with Crippen LogP contribution < -0.4 is 15.5 Å². The van der Waals surface area contributed by atoms with Crippen LogP contribution in [0.15, 0.2) is 24.3 Å². The number of amides is 2. The summed E-state index contributed by atoms with van der Waals surface area (Å²) >= 11 is 0. The Balaban J connectivity index is 1.89. The van der Waals surface area contributed by atoms with E-state index in [9.17, 15) is 19.5 Å². The molecule has 3 N–H and O–H groups in total. The predicted molar refractivity (Wildman–Crippen MR) is 73.9 cm³/mol. The van der Waals surface area contributed by atoms with Gasteiger partial charge >= 0.3 is 5.97 Å². The van der Waals surface area contributed by atoms with E-state index in [2.05, 4.69) is 10.6 Å². The number of fused-ring (bicyclic) bond motifs is 1. The quantitative estimate of drug-likeness (QED) is 0.656. The predicted octanol–water partition coefficient (Wildman–Crippen LogP) is -0.883. The van der Waals surface area contributed by atoms with Crippen molar-refractivity contribution in [3.05, 3.63) is 29.8 Å². The fourth-order valence-corrected chi connectivity index (χ4v) is 2.76. The average molecular weight is 289 g/mol. The molecule has 21 heavy (non-hydrogen) atoms. The fraction of sp³-hybridized carbons (Fsp3) is 0.357. The molecule has 1 fully saturated rings. The Labute approximate surface area is 120 Å². The van der Waals surface area contributed by atoms with Crippen molar-refractivity contribution in [3.63, 3.8) is 0 Å². The lowest BCUT2D eigenvalue weighted by Gasteiger charge is -2.30. The Kier molecular flexibility index (Phi) is 3.34. The van der Waals surface area contributed by atoms with Crippen LogP contribution in [0.1, 0.15) is 5.56 Å². The van der Waals surface area contributed by atoms with Crippen molar-refractivity contribution in [2.75, 3.05) is 18.0 Å². The third-order valence-electron chi connectivity index (χ3n) is 3.81. The van der Waals surface area contributed by atoms with Crippen molar-refractivity contribution >= 4 is 23.5 Å². The summed E-state index contributed by atoms with van der Waals surface area (Å²) in [7, 11) is 0. The van der Waals surface area contributed by atoms with E-state index < -0.39 is 18.1 Å². The van der Waals surface area contributed by atoms with Crippen molar-refractivity contribution in [1.82, 2.24) is 10.6 Å². The summed E-state index contributed by atoms with van der Waals surface area (Å²) in [4.78, 5) is 36.5. The second-order valence-corrected chi connectivity index (χ2v) is 5.13. The molecule has 0 radical (unpaired) electrons. The minimum Gasteiger partial charge on any atom is -0.480 e. The molecular formula is C14H15N3O4. The molecule has 0 saturated carbocycles. The highest BCUT2D eigenvalue weighted by atomic mass is 16.4.